The number of H-pyrrole nitrogens is 1. The number of nitrogens with one attached hydrogen (secondary N) is 2. The molecule has 10 heteroatoms. The average molecular weight is 512 g/mol. The van der Waals surface area contributed by atoms with Crippen molar-refractivity contribution in [1.29, 1.82) is 0 Å². The Morgan fingerprint density at radius 2 is 1.92 bits per heavy atom. The minimum absolute atomic E-state index is 0.141. The van der Waals surface area contributed by atoms with Crippen LogP contribution in [0.25, 0.3) is 10.9 Å². The highest BCUT2D eigenvalue weighted by molar-refractivity contribution is 7.80. The van der Waals surface area contributed by atoms with Crippen LogP contribution in [0.3, 0.4) is 0 Å². The minimum Gasteiger partial charge on any atom is -0.493 e. The fraction of sp³-hybridized carbons (Fsp3) is 0.385. The van der Waals surface area contributed by atoms with E-state index in [1.165, 1.54) is 0 Å². The lowest BCUT2D eigenvalue weighted by Crippen LogP contribution is -2.42. The van der Waals surface area contributed by atoms with Gasteiger partial charge in [-0.15, -0.1) is 0 Å². The fourth-order valence-electron chi connectivity index (χ4n) is 4.48. The lowest BCUT2D eigenvalue weighted by atomic mass is 10.1. The van der Waals surface area contributed by atoms with Crippen molar-refractivity contribution in [2.45, 2.75) is 32.0 Å². The quantitative estimate of drug-likeness (QED) is 0.442. The molecule has 0 spiro atoms. The summed E-state index contributed by atoms with van der Waals surface area (Å²) in [5.74, 6) is 2.57. The summed E-state index contributed by atoms with van der Waals surface area (Å²) in [5, 5.41) is 4.72. The molecule has 5 rings (SSSR count). The zero-order valence-corrected chi connectivity index (χ0v) is 21.1. The van der Waals surface area contributed by atoms with Gasteiger partial charge >= 0.3 is 0 Å². The standard InChI is InChI=1S/C26H29N3O6S/c1-31-22-10-17-9-18(25(30)28-20(17)11-23(22)32-2)14-29(26(36)27-12-19-4-3-7-33-19)13-16-5-6-21-24(8-16)35-15-34-21/h5-6,8-11,19H,3-4,7,12-15H2,1-2H3,(H,27,36)(H,28,30)/t19-/m1/s1. The molecule has 0 bridgehead atoms. The van der Waals surface area contributed by atoms with E-state index in [4.69, 9.17) is 35.9 Å². The van der Waals surface area contributed by atoms with Crippen LogP contribution in [-0.2, 0) is 17.8 Å². The van der Waals surface area contributed by atoms with Crippen molar-refractivity contribution >= 4 is 28.2 Å². The van der Waals surface area contributed by atoms with E-state index in [-0.39, 0.29) is 18.5 Å². The van der Waals surface area contributed by atoms with Crippen LogP contribution in [-0.4, -0.2) is 55.3 Å². The van der Waals surface area contributed by atoms with Crippen LogP contribution in [0.1, 0.15) is 24.0 Å². The Bertz CT molecular complexity index is 1320. The number of nitrogens with zero attached hydrogens (tertiary/aromatic N) is 1. The zero-order valence-electron chi connectivity index (χ0n) is 20.3. The summed E-state index contributed by atoms with van der Waals surface area (Å²) in [6.45, 7) is 2.41. The molecule has 2 aliphatic heterocycles. The Kier molecular flexibility index (Phi) is 7.15. The van der Waals surface area contributed by atoms with Gasteiger partial charge in [0.1, 0.15) is 0 Å². The van der Waals surface area contributed by atoms with Gasteiger partial charge in [0, 0.05) is 36.7 Å². The van der Waals surface area contributed by atoms with Crippen molar-refractivity contribution in [3.8, 4) is 23.0 Å². The molecule has 9 nitrogen and oxygen atoms in total. The molecule has 0 saturated carbocycles. The fourth-order valence-corrected chi connectivity index (χ4v) is 4.69. The first kappa shape index (κ1) is 24.2. The highest BCUT2D eigenvalue weighted by atomic mass is 32.1. The van der Waals surface area contributed by atoms with Crippen molar-refractivity contribution in [2.75, 3.05) is 34.2 Å². The van der Waals surface area contributed by atoms with E-state index >= 15 is 0 Å². The predicted octanol–water partition coefficient (Wildman–Crippen LogP) is 3.33. The zero-order chi connectivity index (χ0) is 25.1. The number of aromatic amines is 1. The summed E-state index contributed by atoms with van der Waals surface area (Å²) >= 11 is 5.77. The summed E-state index contributed by atoms with van der Waals surface area (Å²) in [5.41, 5.74) is 2.05. The van der Waals surface area contributed by atoms with Crippen molar-refractivity contribution in [3.05, 3.63) is 57.9 Å². The van der Waals surface area contributed by atoms with Crippen molar-refractivity contribution in [3.63, 3.8) is 0 Å². The number of hydrogen-bond donors (Lipinski definition) is 2. The predicted molar refractivity (Wildman–Crippen MR) is 139 cm³/mol. The number of ether oxygens (including phenoxy) is 5. The molecule has 3 heterocycles. The molecule has 190 valence electrons. The molecular formula is C26H29N3O6S. The highest BCUT2D eigenvalue weighted by Crippen LogP contribution is 2.33. The summed E-state index contributed by atoms with van der Waals surface area (Å²) in [6, 6.07) is 11.3. The minimum atomic E-state index is -0.188. The van der Waals surface area contributed by atoms with Crippen molar-refractivity contribution in [1.82, 2.24) is 15.2 Å². The van der Waals surface area contributed by atoms with E-state index in [9.17, 15) is 4.79 Å². The van der Waals surface area contributed by atoms with Gasteiger partial charge in [0.05, 0.1) is 32.4 Å². The molecule has 1 aromatic heterocycles. The molecule has 0 amide bonds. The third-order valence-corrected chi connectivity index (χ3v) is 6.79. The molecular weight excluding hydrogens is 482 g/mol. The van der Waals surface area contributed by atoms with Crippen LogP contribution in [0.4, 0.5) is 0 Å². The monoisotopic (exact) mass is 511 g/mol. The second-order valence-corrected chi connectivity index (χ2v) is 9.17. The highest BCUT2D eigenvalue weighted by Gasteiger charge is 2.20. The van der Waals surface area contributed by atoms with Crippen LogP contribution in [0.2, 0.25) is 0 Å². The molecule has 2 aliphatic rings. The Morgan fingerprint density at radius 3 is 2.69 bits per heavy atom. The van der Waals surface area contributed by atoms with Gasteiger partial charge in [0.2, 0.25) is 6.79 Å². The average Bonchev–Trinajstić information content (AvgIpc) is 3.58. The second-order valence-electron chi connectivity index (χ2n) is 8.78. The van der Waals surface area contributed by atoms with E-state index in [0.29, 0.717) is 53.1 Å². The first-order valence-corrected chi connectivity index (χ1v) is 12.3. The molecule has 1 fully saturated rings. The smallest absolute Gasteiger partial charge is 0.253 e. The summed E-state index contributed by atoms with van der Waals surface area (Å²) in [4.78, 5) is 18.0. The van der Waals surface area contributed by atoms with E-state index in [1.54, 1.807) is 20.3 Å². The molecule has 3 aromatic rings. The first-order chi connectivity index (χ1) is 17.5. The van der Waals surface area contributed by atoms with Gasteiger partial charge in [0.15, 0.2) is 28.1 Å². The third-order valence-electron chi connectivity index (χ3n) is 6.39. The number of thiocarbonyl (C=S) groups is 1. The Hall–Kier alpha value is -3.50. The van der Waals surface area contributed by atoms with Gasteiger partial charge in [0.25, 0.3) is 5.56 Å². The van der Waals surface area contributed by atoms with Gasteiger partial charge in [-0.3, -0.25) is 4.79 Å². The molecule has 2 N–H and O–H groups in total. The van der Waals surface area contributed by atoms with Gasteiger partial charge in [-0.2, -0.15) is 0 Å². The number of hydrogen-bond acceptors (Lipinski definition) is 7. The summed E-state index contributed by atoms with van der Waals surface area (Å²) < 4.78 is 27.5. The third kappa shape index (κ3) is 5.19. The first-order valence-electron chi connectivity index (χ1n) is 11.8. The second kappa shape index (κ2) is 10.6. The topological polar surface area (TPSA) is 94.3 Å². The lowest BCUT2D eigenvalue weighted by Gasteiger charge is -2.27. The molecule has 1 saturated heterocycles. The number of fused-ring (bicyclic) bond motifs is 2. The van der Waals surface area contributed by atoms with Crippen LogP contribution >= 0.6 is 12.2 Å². The molecule has 1 atom stereocenters. The number of pyridine rings is 1. The largest absolute Gasteiger partial charge is 0.493 e. The molecule has 0 radical (unpaired) electrons. The van der Waals surface area contributed by atoms with E-state index < -0.39 is 0 Å². The van der Waals surface area contributed by atoms with Gasteiger partial charge in [-0.05, 0) is 54.9 Å². The van der Waals surface area contributed by atoms with Crippen molar-refractivity contribution < 1.29 is 23.7 Å². The van der Waals surface area contributed by atoms with Gasteiger partial charge < -0.3 is 38.9 Å². The van der Waals surface area contributed by atoms with E-state index in [0.717, 1.165) is 36.1 Å². The van der Waals surface area contributed by atoms with Gasteiger partial charge in [-0.25, -0.2) is 0 Å². The van der Waals surface area contributed by atoms with Crippen LogP contribution in [0, 0.1) is 0 Å². The maximum atomic E-state index is 13.0. The molecule has 36 heavy (non-hydrogen) atoms. The van der Waals surface area contributed by atoms with Crippen LogP contribution < -0.4 is 29.8 Å². The van der Waals surface area contributed by atoms with Crippen LogP contribution in [0.5, 0.6) is 23.0 Å². The number of benzene rings is 2. The molecule has 0 unspecified atom stereocenters. The maximum Gasteiger partial charge on any atom is 0.253 e. The Morgan fingerprint density at radius 1 is 1.11 bits per heavy atom. The van der Waals surface area contributed by atoms with Crippen molar-refractivity contribution in [2.24, 2.45) is 0 Å². The van der Waals surface area contributed by atoms with E-state index in [2.05, 4.69) is 10.3 Å². The Balaban J connectivity index is 1.42. The summed E-state index contributed by atoms with van der Waals surface area (Å²) in [6.07, 6.45) is 2.20. The number of methoxy groups -OCH3 is 2. The maximum absolute atomic E-state index is 13.0. The SMILES string of the molecule is COc1cc2cc(CN(Cc3ccc4c(c3)OCO4)C(=S)NC[C@H]3CCCO3)c(=O)[nH]c2cc1OC. The lowest BCUT2D eigenvalue weighted by molar-refractivity contribution is 0.113. The Labute approximate surface area is 214 Å². The molecule has 2 aromatic carbocycles. The van der Waals surface area contributed by atoms with Gasteiger partial charge in [-0.1, -0.05) is 6.07 Å². The van der Waals surface area contributed by atoms with Crippen LogP contribution in [0.15, 0.2) is 41.2 Å². The number of aromatic nitrogens is 1. The summed E-state index contributed by atoms with van der Waals surface area (Å²) in [7, 11) is 3.15. The number of rotatable bonds is 8. The van der Waals surface area contributed by atoms with E-state index in [1.807, 2.05) is 35.2 Å². The molecule has 0 aliphatic carbocycles. The normalized spacial score (nSPS) is 16.2.